The van der Waals surface area contributed by atoms with Crippen LogP contribution in [0.15, 0.2) is 18.2 Å². The predicted molar refractivity (Wildman–Crippen MR) is 73.0 cm³/mol. The van der Waals surface area contributed by atoms with Crippen molar-refractivity contribution in [3.63, 3.8) is 0 Å². The van der Waals surface area contributed by atoms with E-state index >= 15 is 0 Å². The van der Waals surface area contributed by atoms with Crippen LogP contribution in [-0.4, -0.2) is 36.4 Å². The molecule has 19 heavy (non-hydrogen) atoms. The van der Waals surface area contributed by atoms with Crippen LogP contribution in [0.2, 0.25) is 0 Å². The summed E-state index contributed by atoms with van der Waals surface area (Å²) >= 11 is 0. The van der Waals surface area contributed by atoms with Crippen molar-refractivity contribution in [3.8, 4) is 0 Å². The summed E-state index contributed by atoms with van der Waals surface area (Å²) < 4.78 is 5.15. The van der Waals surface area contributed by atoms with E-state index in [-0.39, 0.29) is 11.9 Å². The minimum atomic E-state index is -0.601. The largest absolute Gasteiger partial charge is 0.389 e. The van der Waals surface area contributed by atoms with Crippen LogP contribution in [0.4, 0.5) is 0 Å². The van der Waals surface area contributed by atoms with Crippen molar-refractivity contribution < 1.29 is 14.6 Å². The van der Waals surface area contributed by atoms with Crippen LogP contribution in [0.1, 0.15) is 23.1 Å². The standard InChI is InChI=1S/C15H21NO3/c1-10-3-4-11(2)12(7-10)8-15(18)16-13-5-6-19-9-14(13)17/h3-4,7,13-14,17H,5-6,8-9H2,1-2H3,(H,16,18)/t13-,14-/m1/s1. The van der Waals surface area contributed by atoms with Gasteiger partial charge >= 0.3 is 0 Å². The van der Waals surface area contributed by atoms with Gasteiger partial charge in [-0.1, -0.05) is 23.8 Å². The molecule has 1 amide bonds. The molecule has 1 aromatic carbocycles. The van der Waals surface area contributed by atoms with Gasteiger partial charge in [-0.25, -0.2) is 0 Å². The number of nitrogens with one attached hydrogen (secondary N) is 1. The number of ether oxygens (including phenoxy) is 1. The number of hydrogen-bond donors (Lipinski definition) is 2. The van der Waals surface area contributed by atoms with Crippen LogP contribution in [0.25, 0.3) is 0 Å². The number of rotatable bonds is 3. The highest BCUT2D eigenvalue weighted by Gasteiger charge is 2.25. The summed E-state index contributed by atoms with van der Waals surface area (Å²) in [7, 11) is 0. The fourth-order valence-corrected chi connectivity index (χ4v) is 2.31. The van der Waals surface area contributed by atoms with Crippen molar-refractivity contribution in [2.24, 2.45) is 0 Å². The van der Waals surface area contributed by atoms with E-state index in [0.29, 0.717) is 26.1 Å². The molecule has 0 radical (unpaired) electrons. The first-order valence-electron chi connectivity index (χ1n) is 6.67. The van der Waals surface area contributed by atoms with E-state index in [1.165, 1.54) is 0 Å². The monoisotopic (exact) mass is 263 g/mol. The Morgan fingerprint density at radius 1 is 1.47 bits per heavy atom. The zero-order valence-electron chi connectivity index (χ0n) is 11.5. The van der Waals surface area contributed by atoms with Gasteiger partial charge in [0.1, 0.15) is 0 Å². The number of hydrogen-bond acceptors (Lipinski definition) is 3. The molecule has 1 heterocycles. The molecular weight excluding hydrogens is 242 g/mol. The maximum atomic E-state index is 12.0. The predicted octanol–water partition coefficient (Wildman–Crippen LogP) is 1.11. The van der Waals surface area contributed by atoms with Gasteiger partial charge in [0.25, 0.3) is 0 Å². The molecule has 104 valence electrons. The van der Waals surface area contributed by atoms with Crippen LogP contribution >= 0.6 is 0 Å². The van der Waals surface area contributed by atoms with E-state index in [1.54, 1.807) is 0 Å². The third kappa shape index (κ3) is 3.78. The summed E-state index contributed by atoms with van der Waals surface area (Å²) in [5.74, 6) is -0.0420. The second-order valence-corrected chi connectivity index (χ2v) is 5.21. The second kappa shape index (κ2) is 6.17. The Hall–Kier alpha value is -1.39. The van der Waals surface area contributed by atoms with Gasteiger partial charge in [0, 0.05) is 6.61 Å². The number of aryl methyl sites for hydroxylation is 2. The van der Waals surface area contributed by atoms with Crippen molar-refractivity contribution in [1.82, 2.24) is 5.32 Å². The van der Waals surface area contributed by atoms with Crippen LogP contribution in [0.3, 0.4) is 0 Å². The maximum Gasteiger partial charge on any atom is 0.224 e. The first-order valence-corrected chi connectivity index (χ1v) is 6.67. The van der Waals surface area contributed by atoms with Crippen LogP contribution < -0.4 is 5.32 Å². The molecule has 1 aromatic rings. The molecule has 2 N–H and O–H groups in total. The quantitative estimate of drug-likeness (QED) is 0.859. The number of carbonyl (C=O) groups excluding carboxylic acids is 1. The molecule has 0 saturated carbocycles. The molecule has 4 heteroatoms. The van der Waals surface area contributed by atoms with Gasteiger partial charge in [0.2, 0.25) is 5.91 Å². The number of amides is 1. The maximum absolute atomic E-state index is 12.0. The fraction of sp³-hybridized carbons (Fsp3) is 0.533. The lowest BCUT2D eigenvalue weighted by molar-refractivity contribution is -0.123. The second-order valence-electron chi connectivity index (χ2n) is 5.21. The van der Waals surface area contributed by atoms with E-state index in [1.807, 2.05) is 32.0 Å². The zero-order chi connectivity index (χ0) is 13.8. The Bertz CT molecular complexity index is 459. The summed E-state index contributed by atoms with van der Waals surface area (Å²) in [6, 6.07) is 5.92. The van der Waals surface area contributed by atoms with Gasteiger partial charge in [-0.05, 0) is 31.4 Å². The van der Waals surface area contributed by atoms with Gasteiger partial charge in [-0.3, -0.25) is 4.79 Å². The molecule has 0 unspecified atom stereocenters. The Balaban J connectivity index is 1.95. The topological polar surface area (TPSA) is 58.6 Å². The van der Waals surface area contributed by atoms with E-state index in [4.69, 9.17) is 4.74 Å². The van der Waals surface area contributed by atoms with E-state index in [2.05, 4.69) is 5.32 Å². The van der Waals surface area contributed by atoms with Gasteiger partial charge < -0.3 is 15.2 Å². The third-order valence-electron chi connectivity index (χ3n) is 3.53. The fourth-order valence-electron chi connectivity index (χ4n) is 2.31. The Morgan fingerprint density at radius 2 is 2.26 bits per heavy atom. The average molecular weight is 263 g/mol. The van der Waals surface area contributed by atoms with Gasteiger partial charge in [-0.2, -0.15) is 0 Å². The minimum absolute atomic E-state index is 0.0420. The summed E-state index contributed by atoms with van der Waals surface area (Å²) in [5, 5.41) is 12.6. The average Bonchev–Trinajstić information content (AvgIpc) is 2.37. The molecule has 0 spiro atoms. The van der Waals surface area contributed by atoms with Crippen molar-refractivity contribution in [3.05, 3.63) is 34.9 Å². The molecule has 1 aliphatic rings. The first-order chi connectivity index (χ1) is 9.06. The van der Waals surface area contributed by atoms with Crippen molar-refractivity contribution in [2.45, 2.75) is 38.8 Å². The molecule has 0 aromatic heterocycles. The van der Waals surface area contributed by atoms with E-state index in [9.17, 15) is 9.90 Å². The Kier molecular flexibility index (Phi) is 4.56. The SMILES string of the molecule is Cc1ccc(C)c(CC(=O)N[C@@H]2CCOC[C@H]2O)c1. The highest BCUT2D eigenvalue weighted by Crippen LogP contribution is 2.12. The lowest BCUT2D eigenvalue weighted by atomic mass is 10.0. The molecule has 2 atom stereocenters. The number of aliphatic hydroxyl groups is 1. The summed E-state index contributed by atoms with van der Waals surface area (Å²) in [4.78, 5) is 12.0. The van der Waals surface area contributed by atoms with Gasteiger partial charge in [0.05, 0.1) is 25.2 Å². The molecule has 1 fully saturated rings. The third-order valence-corrected chi connectivity index (χ3v) is 3.53. The van der Waals surface area contributed by atoms with Crippen LogP contribution in [0.5, 0.6) is 0 Å². The van der Waals surface area contributed by atoms with Crippen LogP contribution in [-0.2, 0) is 16.0 Å². The lowest BCUT2D eigenvalue weighted by Gasteiger charge is -2.28. The van der Waals surface area contributed by atoms with Crippen LogP contribution in [0, 0.1) is 13.8 Å². The minimum Gasteiger partial charge on any atom is -0.389 e. The summed E-state index contributed by atoms with van der Waals surface area (Å²) in [6.45, 7) is 4.91. The number of benzene rings is 1. The Labute approximate surface area is 113 Å². The summed E-state index contributed by atoms with van der Waals surface area (Å²) in [5.41, 5.74) is 3.31. The number of carbonyl (C=O) groups is 1. The zero-order valence-corrected chi connectivity index (χ0v) is 11.5. The molecule has 0 aliphatic carbocycles. The van der Waals surface area contributed by atoms with Gasteiger partial charge in [-0.15, -0.1) is 0 Å². The molecule has 1 saturated heterocycles. The molecular formula is C15H21NO3. The highest BCUT2D eigenvalue weighted by atomic mass is 16.5. The lowest BCUT2D eigenvalue weighted by Crippen LogP contribution is -2.49. The summed E-state index contributed by atoms with van der Waals surface area (Å²) in [6.07, 6.45) is 0.424. The normalized spacial score (nSPS) is 23.1. The van der Waals surface area contributed by atoms with Gasteiger partial charge in [0.15, 0.2) is 0 Å². The van der Waals surface area contributed by atoms with Crippen molar-refractivity contribution in [1.29, 1.82) is 0 Å². The molecule has 0 bridgehead atoms. The highest BCUT2D eigenvalue weighted by molar-refractivity contribution is 5.79. The molecule has 2 rings (SSSR count). The van der Waals surface area contributed by atoms with Crippen molar-refractivity contribution in [2.75, 3.05) is 13.2 Å². The molecule has 1 aliphatic heterocycles. The number of aliphatic hydroxyl groups excluding tert-OH is 1. The molecule has 4 nitrogen and oxygen atoms in total. The van der Waals surface area contributed by atoms with Crippen molar-refractivity contribution >= 4 is 5.91 Å². The smallest absolute Gasteiger partial charge is 0.224 e. The van der Waals surface area contributed by atoms with E-state index in [0.717, 1.165) is 16.7 Å². The van der Waals surface area contributed by atoms with E-state index < -0.39 is 6.10 Å². The Morgan fingerprint density at radius 3 is 3.00 bits per heavy atom. The first kappa shape index (κ1) is 14.0.